The second-order valence-corrected chi connectivity index (χ2v) is 8.00. The Morgan fingerprint density at radius 1 is 1.32 bits per heavy atom. The van der Waals surface area contributed by atoms with Crippen molar-refractivity contribution in [2.75, 3.05) is 13.2 Å². The Morgan fingerprint density at radius 3 is 2.96 bits per heavy atom. The Hall–Kier alpha value is -2.25. The SMILES string of the molecule is Cc1cc(C(=O)COc2ncnc3ccc(Br)cc23)c(C)n1C[C@@H]1CCCO1. The Bertz CT molecular complexity index is 1030. The zero-order valence-electron chi connectivity index (χ0n) is 15.9. The van der Waals surface area contributed by atoms with Crippen LogP contribution in [0.1, 0.15) is 34.6 Å². The van der Waals surface area contributed by atoms with E-state index in [0.29, 0.717) is 11.4 Å². The highest BCUT2D eigenvalue weighted by atomic mass is 79.9. The summed E-state index contributed by atoms with van der Waals surface area (Å²) in [6.07, 6.45) is 3.85. The highest BCUT2D eigenvalue weighted by molar-refractivity contribution is 9.10. The van der Waals surface area contributed by atoms with Gasteiger partial charge in [-0.15, -0.1) is 0 Å². The Morgan fingerprint density at radius 2 is 2.18 bits per heavy atom. The lowest BCUT2D eigenvalue weighted by molar-refractivity contribution is 0.0912. The van der Waals surface area contributed by atoms with E-state index in [0.717, 1.165) is 52.8 Å². The van der Waals surface area contributed by atoms with Gasteiger partial charge < -0.3 is 14.0 Å². The van der Waals surface area contributed by atoms with Gasteiger partial charge in [0.25, 0.3) is 0 Å². The molecule has 1 aromatic carbocycles. The molecule has 1 saturated heterocycles. The fraction of sp³-hybridized carbons (Fsp3) is 0.381. The van der Waals surface area contributed by atoms with Crippen molar-refractivity contribution in [3.05, 3.63) is 52.0 Å². The predicted molar refractivity (Wildman–Crippen MR) is 110 cm³/mol. The molecular weight excluding hydrogens is 422 g/mol. The minimum atomic E-state index is -0.0666. The summed E-state index contributed by atoms with van der Waals surface area (Å²) in [5.74, 6) is 0.348. The monoisotopic (exact) mass is 443 g/mol. The minimum absolute atomic E-state index is 0.0616. The molecule has 3 aromatic rings. The number of ether oxygens (including phenoxy) is 2. The van der Waals surface area contributed by atoms with Crippen LogP contribution in [0.4, 0.5) is 0 Å². The lowest BCUT2D eigenvalue weighted by atomic mass is 10.1. The third-order valence-electron chi connectivity index (χ3n) is 5.19. The lowest BCUT2D eigenvalue weighted by Gasteiger charge is -2.14. The predicted octanol–water partition coefficient (Wildman–Crippen LogP) is 4.25. The molecule has 1 aliphatic rings. The molecule has 1 fully saturated rings. The molecule has 6 nitrogen and oxygen atoms in total. The van der Waals surface area contributed by atoms with Crippen molar-refractivity contribution in [1.82, 2.24) is 14.5 Å². The zero-order valence-corrected chi connectivity index (χ0v) is 17.5. The summed E-state index contributed by atoms with van der Waals surface area (Å²) in [7, 11) is 0. The lowest BCUT2D eigenvalue weighted by Crippen LogP contribution is -2.18. The molecule has 0 bridgehead atoms. The number of fused-ring (bicyclic) bond motifs is 1. The first-order valence-corrected chi connectivity index (χ1v) is 10.2. The summed E-state index contributed by atoms with van der Waals surface area (Å²) in [5.41, 5.74) is 3.48. The topological polar surface area (TPSA) is 66.2 Å². The molecular formula is C21H22BrN3O3. The van der Waals surface area contributed by atoms with E-state index < -0.39 is 0 Å². The van der Waals surface area contributed by atoms with Gasteiger partial charge in [-0.2, -0.15) is 0 Å². The smallest absolute Gasteiger partial charge is 0.224 e. The Balaban J connectivity index is 1.51. The largest absolute Gasteiger partial charge is 0.469 e. The minimum Gasteiger partial charge on any atom is -0.469 e. The summed E-state index contributed by atoms with van der Waals surface area (Å²) in [5, 5.41) is 0.772. The van der Waals surface area contributed by atoms with E-state index in [-0.39, 0.29) is 18.5 Å². The molecule has 0 saturated carbocycles. The van der Waals surface area contributed by atoms with Crippen LogP contribution in [0.2, 0.25) is 0 Å². The standard InChI is InChI=1S/C21H22BrN3O3/c1-13-8-17(14(2)25(13)10-16-4-3-7-27-16)20(26)11-28-21-18-9-15(22)5-6-19(18)23-12-24-21/h5-6,8-9,12,16H,3-4,7,10-11H2,1-2H3/t16-/m0/s1. The summed E-state index contributed by atoms with van der Waals surface area (Å²) in [6.45, 7) is 5.55. The van der Waals surface area contributed by atoms with Crippen LogP contribution in [0.15, 0.2) is 35.1 Å². The molecule has 0 spiro atoms. The number of aryl methyl sites for hydroxylation is 1. The first-order valence-electron chi connectivity index (χ1n) is 9.37. The number of benzene rings is 1. The van der Waals surface area contributed by atoms with Crippen LogP contribution >= 0.6 is 15.9 Å². The van der Waals surface area contributed by atoms with E-state index >= 15 is 0 Å². The van der Waals surface area contributed by atoms with Gasteiger partial charge in [-0.05, 0) is 51.0 Å². The van der Waals surface area contributed by atoms with Crippen molar-refractivity contribution in [3.8, 4) is 5.88 Å². The number of halogens is 1. The number of rotatable bonds is 6. The van der Waals surface area contributed by atoms with Gasteiger partial charge in [-0.25, -0.2) is 9.97 Å². The van der Waals surface area contributed by atoms with Gasteiger partial charge >= 0.3 is 0 Å². The van der Waals surface area contributed by atoms with E-state index in [1.54, 1.807) is 0 Å². The molecule has 3 heterocycles. The third kappa shape index (κ3) is 3.82. The molecule has 7 heteroatoms. The summed E-state index contributed by atoms with van der Waals surface area (Å²) in [6, 6.07) is 7.62. The van der Waals surface area contributed by atoms with Crippen molar-refractivity contribution in [1.29, 1.82) is 0 Å². The van der Waals surface area contributed by atoms with Crippen molar-refractivity contribution in [2.45, 2.75) is 39.3 Å². The molecule has 4 rings (SSSR count). The van der Waals surface area contributed by atoms with E-state index in [4.69, 9.17) is 9.47 Å². The van der Waals surface area contributed by atoms with Crippen molar-refractivity contribution >= 4 is 32.6 Å². The van der Waals surface area contributed by atoms with Gasteiger partial charge in [-0.3, -0.25) is 4.79 Å². The van der Waals surface area contributed by atoms with Crippen LogP contribution in [0, 0.1) is 13.8 Å². The van der Waals surface area contributed by atoms with Gasteiger partial charge in [-0.1, -0.05) is 15.9 Å². The van der Waals surface area contributed by atoms with Crippen molar-refractivity contribution in [3.63, 3.8) is 0 Å². The van der Waals surface area contributed by atoms with Gasteiger partial charge in [0.2, 0.25) is 11.7 Å². The molecule has 0 unspecified atom stereocenters. The molecule has 0 aliphatic carbocycles. The number of hydrogen-bond acceptors (Lipinski definition) is 5. The van der Waals surface area contributed by atoms with E-state index in [1.807, 2.05) is 38.1 Å². The number of ketones is 1. The van der Waals surface area contributed by atoms with E-state index in [1.165, 1.54) is 6.33 Å². The van der Waals surface area contributed by atoms with Crippen LogP contribution in [0.5, 0.6) is 5.88 Å². The molecule has 2 aromatic heterocycles. The van der Waals surface area contributed by atoms with Gasteiger partial charge in [0.1, 0.15) is 6.33 Å². The van der Waals surface area contributed by atoms with E-state index in [2.05, 4.69) is 30.5 Å². The maximum absolute atomic E-state index is 12.8. The summed E-state index contributed by atoms with van der Waals surface area (Å²) < 4.78 is 14.6. The second kappa shape index (κ2) is 8.01. The highest BCUT2D eigenvalue weighted by Crippen LogP contribution is 2.25. The number of aromatic nitrogens is 3. The number of hydrogen-bond donors (Lipinski definition) is 0. The van der Waals surface area contributed by atoms with Gasteiger partial charge in [0, 0.05) is 34.6 Å². The fourth-order valence-electron chi connectivity index (χ4n) is 3.69. The van der Waals surface area contributed by atoms with Crippen molar-refractivity contribution in [2.24, 2.45) is 0 Å². The summed E-state index contributed by atoms with van der Waals surface area (Å²) >= 11 is 3.45. The first-order chi connectivity index (χ1) is 13.5. The van der Waals surface area contributed by atoms with Crippen LogP contribution in [-0.4, -0.2) is 39.6 Å². The summed E-state index contributed by atoms with van der Waals surface area (Å²) in [4.78, 5) is 21.3. The molecule has 0 amide bonds. The molecule has 1 aliphatic heterocycles. The van der Waals surface area contributed by atoms with Crippen LogP contribution in [0.3, 0.4) is 0 Å². The average molecular weight is 444 g/mol. The van der Waals surface area contributed by atoms with Crippen LogP contribution in [-0.2, 0) is 11.3 Å². The van der Waals surface area contributed by atoms with E-state index in [9.17, 15) is 4.79 Å². The molecule has 0 N–H and O–H groups in total. The van der Waals surface area contributed by atoms with Crippen LogP contribution in [0.25, 0.3) is 10.9 Å². The third-order valence-corrected chi connectivity index (χ3v) is 5.68. The van der Waals surface area contributed by atoms with Crippen molar-refractivity contribution < 1.29 is 14.3 Å². The zero-order chi connectivity index (χ0) is 19.7. The molecule has 146 valence electrons. The Labute approximate surface area is 172 Å². The highest BCUT2D eigenvalue weighted by Gasteiger charge is 2.21. The second-order valence-electron chi connectivity index (χ2n) is 7.08. The maximum atomic E-state index is 12.8. The molecule has 0 radical (unpaired) electrons. The average Bonchev–Trinajstić information content (AvgIpc) is 3.30. The number of nitrogens with zero attached hydrogens (tertiary/aromatic N) is 3. The van der Waals surface area contributed by atoms with Crippen LogP contribution < -0.4 is 4.74 Å². The maximum Gasteiger partial charge on any atom is 0.224 e. The van der Waals surface area contributed by atoms with Gasteiger partial charge in [0.05, 0.1) is 17.0 Å². The fourth-order valence-corrected chi connectivity index (χ4v) is 4.05. The van der Waals surface area contributed by atoms with Gasteiger partial charge in [0.15, 0.2) is 6.61 Å². The normalized spacial score (nSPS) is 16.6. The first kappa shape index (κ1) is 19.1. The quantitative estimate of drug-likeness (QED) is 0.532. The molecule has 1 atom stereocenters. The number of carbonyl (C=O) groups is 1. The number of carbonyl (C=O) groups excluding carboxylic acids is 1. The molecule has 28 heavy (non-hydrogen) atoms. The Kier molecular flexibility index (Phi) is 5.46. The number of Topliss-reactive ketones (excluding diaryl/α,β-unsaturated/α-hetero) is 1.